The average Bonchev–Trinajstić information content (AvgIpc) is 3.04. The molecule has 3 N–H and O–H groups in total. The summed E-state index contributed by atoms with van der Waals surface area (Å²) in [5.74, 6) is -0.312. The molecule has 1 saturated heterocycles. The van der Waals surface area contributed by atoms with Crippen molar-refractivity contribution in [2.75, 3.05) is 36.9 Å². The van der Waals surface area contributed by atoms with Crippen molar-refractivity contribution in [3.05, 3.63) is 23.7 Å². The number of ether oxygens (including phenoxy) is 1. The van der Waals surface area contributed by atoms with Crippen molar-refractivity contribution in [3.63, 3.8) is 0 Å². The zero-order valence-electron chi connectivity index (χ0n) is 18.3. The van der Waals surface area contributed by atoms with Gasteiger partial charge in [0.1, 0.15) is 17.6 Å². The summed E-state index contributed by atoms with van der Waals surface area (Å²) in [6.45, 7) is 7.01. The number of halogens is 4. The highest BCUT2D eigenvalue weighted by Crippen LogP contribution is 2.34. The van der Waals surface area contributed by atoms with Crippen LogP contribution in [-0.2, 0) is 10.9 Å². The Kier molecular flexibility index (Phi) is 7.88. The van der Waals surface area contributed by atoms with E-state index in [1.54, 1.807) is 24.7 Å². The molecule has 0 radical (unpaired) electrons. The molecule has 1 aliphatic heterocycles. The van der Waals surface area contributed by atoms with Crippen LogP contribution in [0.25, 0.3) is 0 Å². The van der Waals surface area contributed by atoms with Crippen LogP contribution in [0.15, 0.2) is 12.4 Å². The minimum Gasteiger partial charge on any atom is -0.378 e. The van der Waals surface area contributed by atoms with Crippen LogP contribution in [0.5, 0.6) is 0 Å². The largest absolute Gasteiger partial charge is 0.421 e. The molecular weight excluding hydrogens is 430 g/mol. The van der Waals surface area contributed by atoms with Crippen molar-refractivity contribution in [1.82, 2.24) is 25.1 Å². The molecule has 32 heavy (non-hydrogen) atoms. The average molecular weight is 459 g/mol. The molecule has 2 aromatic rings. The van der Waals surface area contributed by atoms with E-state index in [4.69, 9.17) is 4.74 Å². The lowest BCUT2D eigenvalue weighted by Crippen LogP contribution is -2.48. The maximum atomic E-state index is 15.0. The summed E-state index contributed by atoms with van der Waals surface area (Å²) in [6, 6.07) is -0.302. The first-order chi connectivity index (χ1) is 15.2. The Morgan fingerprint density at radius 2 is 2.03 bits per heavy atom. The van der Waals surface area contributed by atoms with Gasteiger partial charge >= 0.3 is 6.18 Å². The Morgan fingerprint density at radius 3 is 2.62 bits per heavy atom. The predicted molar refractivity (Wildman–Crippen MR) is 113 cm³/mol. The first kappa shape index (κ1) is 24.2. The van der Waals surface area contributed by atoms with Crippen LogP contribution < -0.4 is 16.0 Å². The third-order valence-electron chi connectivity index (χ3n) is 5.18. The smallest absolute Gasteiger partial charge is 0.378 e. The molecule has 12 heteroatoms. The molecular formula is C20H29F4N7O. The van der Waals surface area contributed by atoms with Crippen LogP contribution in [-0.4, -0.2) is 58.3 Å². The molecule has 1 aliphatic rings. The van der Waals surface area contributed by atoms with E-state index in [9.17, 15) is 17.6 Å². The molecule has 0 aromatic carbocycles. The SMILES string of the molecule is CCCC(C(F)CNC1COC1)n1cc(Nc2ncc(C(F)(F)F)c(NCC)n2)c(C)n1. The Balaban J connectivity index is 1.76. The molecule has 0 bridgehead atoms. The lowest BCUT2D eigenvalue weighted by atomic mass is 10.1. The van der Waals surface area contributed by atoms with Crippen LogP contribution in [0.2, 0.25) is 0 Å². The van der Waals surface area contributed by atoms with Gasteiger partial charge in [0.2, 0.25) is 5.95 Å². The van der Waals surface area contributed by atoms with Gasteiger partial charge in [0.05, 0.1) is 36.7 Å². The first-order valence-corrected chi connectivity index (χ1v) is 10.7. The Bertz CT molecular complexity index is 885. The van der Waals surface area contributed by atoms with Crippen molar-refractivity contribution in [3.8, 4) is 0 Å². The first-order valence-electron chi connectivity index (χ1n) is 10.7. The highest BCUT2D eigenvalue weighted by atomic mass is 19.4. The normalized spacial score (nSPS) is 16.5. The molecule has 0 saturated carbocycles. The minimum absolute atomic E-state index is 0.00732. The van der Waals surface area contributed by atoms with Crippen LogP contribution in [0.3, 0.4) is 0 Å². The number of hydrogen-bond acceptors (Lipinski definition) is 7. The van der Waals surface area contributed by atoms with Crippen LogP contribution >= 0.6 is 0 Å². The van der Waals surface area contributed by atoms with E-state index in [1.807, 2.05) is 6.92 Å². The van der Waals surface area contributed by atoms with Crippen molar-refractivity contribution >= 4 is 17.5 Å². The molecule has 2 atom stereocenters. The number of nitrogens with zero attached hydrogens (tertiary/aromatic N) is 4. The van der Waals surface area contributed by atoms with Gasteiger partial charge in [-0.15, -0.1) is 0 Å². The van der Waals surface area contributed by atoms with Gasteiger partial charge in [-0.25, -0.2) is 9.37 Å². The van der Waals surface area contributed by atoms with Crippen LogP contribution in [0.1, 0.15) is 44.0 Å². The quantitative estimate of drug-likeness (QED) is 0.440. The molecule has 2 aromatic heterocycles. The van der Waals surface area contributed by atoms with Gasteiger partial charge in [0.25, 0.3) is 0 Å². The highest BCUT2D eigenvalue weighted by molar-refractivity contribution is 5.58. The fourth-order valence-electron chi connectivity index (χ4n) is 3.39. The summed E-state index contributed by atoms with van der Waals surface area (Å²) in [5, 5.41) is 13.1. The summed E-state index contributed by atoms with van der Waals surface area (Å²) in [6.07, 6.45) is -1.99. The van der Waals surface area contributed by atoms with Gasteiger partial charge in [-0.1, -0.05) is 13.3 Å². The van der Waals surface area contributed by atoms with Crippen LogP contribution in [0, 0.1) is 6.92 Å². The minimum atomic E-state index is -4.57. The van der Waals surface area contributed by atoms with E-state index >= 15 is 0 Å². The second kappa shape index (κ2) is 10.4. The summed E-state index contributed by atoms with van der Waals surface area (Å²) < 4.78 is 61.2. The zero-order chi connectivity index (χ0) is 23.3. The van der Waals surface area contributed by atoms with E-state index in [1.165, 1.54) is 0 Å². The fraction of sp³-hybridized carbons (Fsp3) is 0.650. The number of aryl methyl sites for hydroxylation is 1. The van der Waals surface area contributed by atoms with Crippen molar-refractivity contribution in [2.45, 2.75) is 58.0 Å². The standard InChI is InChI=1S/C20H29F4N7O/c1-4-6-17(15(21)8-26-13-10-32-11-13)31-9-16(12(3)30-31)28-19-27-7-14(20(22,23)24)18(29-19)25-5-2/h7,9,13,15,17,26H,4-6,8,10-11H2,1-3H3,(H2,25,27,28,29). The molecule has 0 spiro atoms. The van der Waals surface area contributed by atoms with E-state index in [2.05, 4.69) is 31.0 Å². The molecule has 0 aliphatic carbocycles. The van der Waals surface area contributed by atoms with E-state index in [-0.39, 0.29) is 30.9 Å². The highest BCUT2D eigenvalue weighted by Gasteiger charge is 2.35. The van der Waals surface area contributed by atoms with Gasteiger partial charge in [0, 0.05) is 25.5 Å². The third-order valence-corrected chi connectivity index (χ3v) is 5.18. The summed E-state index contributed by atoms with van der Waals surface area (Å²) >= 11 is 0. The predicted octanol–water partition coefficient (Wildman–Crippen LogP) is 3.84. The molecule has 1 fully saturated rings. The Hall–Kier alpha value is -2.47. The molecule has 8 nitrogen and oxygen atoms in total. The molecule has 2 unspecified atom stereocenters. The zero-order valence-corrected chi connectivity index (χ0v) is 18.3. The maximum Gasteiger partial charge on any atom is 0.421 e. The van der Waals surface area contributed by atoms with Crippen molar-refractivity contribution in [2.24, 2.45) is 0 Å². The Labute approximate surface area is 184 Å². The summed E-state index contributed by atoms with van der Waals surface area (Å²) in [7, 11) is 0. The number of anilines is 3. The van der Waals surface area contributed by atoms with Crippen LogP contribution in [0.4, 0.5) is 35.0 Å². The Morgan fingerprint density at radius 1 is 1.28 bits per heavy atom. The number of nitrogens with one attached hydrogen (secondary N) is 3. The number of aromatic nitrogens is 4. The lowest BCUT2D eigenvalue weighted by Gasteiger charge is -2.29. The van der Waals surface area contributed by atoms with E-state index in [0.29, 0.717) is 31.0 Å². The van der Waals surface area contributed by atoms with Gasteiger partial charge in [-0.05, 0) is 20.3 Å². The second-order valence-electron chi connectivity index (χ2n) is 7.73. The van der Waals surface area contributed by atoms with E-state index < -0.39 is 24.0 Å². The maximum absolute atomic E-state index is 15.0. The van der Waals surface area contributed by atoms with E-state index in [0.717, 1.165) is 12.6 Å². The fourth-order valence-corrected chi connectivity index (χ4v) is 3.39. The molecule has 3 rings (SSSR count). The molecule has 0 amide bonds. The number of rotatable bonds is 11. The van der Waals surface area contributed by atoms with Gasteiger partial charge in [-0.2, -0.15) is 23.3 Å². The number of hydrogen-bond donors (Lipinski definition) is 3. The second-order valence-corrected chi connectivity index (χ2v) is 7.73. The third kappa shape index (κ3) is 5.85. The van der Waals surface area contributed by atoms with Gasteiger partial charge in [0.15, 0.2) is 0 Å². The van der Waals surface area contributed by atoms with Crippen molar-refractivity contribution < 1.29 is 22.3 Å². The van der Waals surface area contributed by atoms with Crippen molar-refractivity contribution in [1.29, 1.82) is 0 Å². The monoisotopic (exact) mass is 459 g/mol. The summed E-state index contributed by atoms with van der Waals surface area (Å²) in [4.78, 5) is 7.77. The number of alkyl halides is 4. The summed E-state index contributed by atoms with van der Waals surface area (Å²) in [5.41, 5.74) is 0.123. The van der Waals surface area contributed by atoms with Gasteiger partial charge < -0.3 is 20.7 Å². The molecule has 3 heterocycles. The molecule has 178 valence electrons. The lowest BCUT2D eigenvalue weighted by molar-refractivity contribution is -0.137. The van der Waals surface area contributed by atoms with Gasteiger partial charge in [-0.3, -0.25) is 4.68 Å². The topological polar surface area (TPSA) is 88.9 Å².